The summed E-state index contributed by atoms with van der Waals surface area (Å²) in [7, 11) is 0. The van der Waals surface area contributed by atoms with Crippen LogP contribution in [0.2, 0.25) is 5.02 Å². The SMILES string of the molecule is NC1CCN(C(=O)c2cccc(-c3ccccc3)n2)C([C@@H](Cc2ccc(Cl)cc2)C(=O)N2CCC(Cn3cncn3)(C3CCCCC3)CC2)C1. The molecule has 0 spiro atoms. The van der Waals surface area contributed by atoms with Crippen LogP contribution < -0.4 is 5.73 Å². The monoisotopic (exact) mass is 693 g/mol. The molecule has 262 valence electrons. The predicted octanol–water partition coefficient (Wildman–Crippen LogP) is 6.67. The molecule has 4 heterocycles. The van der Waals surface area contributed by atoms with E-state index < -0.39 is 5.92 Å². The highest BCUT2D eigenvalue weighted by Gasteiger charge is 2.46. The third-order valence-corrected chi connectivity index (χ3v) is 11.9. The number of benzene rings is 2. The summed E-state index contributed by atoms with van der Waals surface area (Å²) >= 11 is 6.27. The molecular formula is C40H48ClN7O2. The number of nitrogens with zero attached hydrogens (tertiary/aromatic N) is 6. The maximum absolute atomic E-state index is 14.9. The number of hydrogen-bond donors (Lipinski definition) is 1. The van der Waals surface area contributed by atoms with Gasteiger partial charge in [0.15, 0.2) is 0 Å². The Labute approximate surface area is 300 Å². The number of nitrogens with two attached hydrogens (primary N) is 1. The van der Waals surface area contributed by atoms with Gasteiger partial charge in [-0.1, -0.05) is 79.4 Å². The molecule has 7 rings (SSSR count). The first-order valence-corrected chi connectivity index (χ1v) is 18.7. The third kappa shape index (κ3) is 7.64. The minimum Gasteiger partial charge on any atom is -0.342 e. The molecule has 3 atom stereocenters. The summed E-state index contributed by atoms with van der Waals surface area (Å²) in [6.07, 6.45) is 13.3. The maximum Gasteiger partial charge on any atom is 0.272 e. The van der Waals surface area contributed by atoms with E-state index in [0.717, 1.165) is 36.2 Å². The lowest BCUT2D eigenvalue weighted by Crippen LogP contribution is -2.58. The average Bonchev–Trinajstić information content (AvgIpc) is 3.68. The second-order valence-corrected chi connectivity index (χ2v) is 15.1. The number of likely N-dealkylation sites (tertiary alicyclic amines) is 2. The standard InChI is InChI=1S/C40H48ClN7O2/c41-32-16-14-29(15-17-32)24-34(38(49)46-22-19-40(20-23-46,26-47-28-43-27-44-47)31-10-5-2-6-11-31)37-25-33(42)18-21-48(37)39(50)36-13-7-12-35(45-36)30-8-3-1-4-9-30/h1,3-4,7-9,12-17,27-28,31,33-34,37H,2,5-6,10-11,18-26,42H2/t33?,34-,37?/m1/s1. The molecule has 0 bridgehead atoms. The molecule has 1 saturated carbocycles. The van der Waals surface area contributed by atoms with Gasteiger partial charge < -0.3 is 15.5 Å². The van der Waals surface area contributed by atoms with E-state index in [0.29, 0.717) is 55.5 Å². The van der Waals surface area contributed by atoms with Crippen LogP contribution in [-0.2, 0) is 17.8 Å². The van der Waals surface area contributed by atoms with Crippen LogP contribution in [0.15, 0.2) is 85.5 Å². The van der Waals surface area contributed by atoms with E-state index in [1.54, 1.807) is 12.4 Å². The summed E-state index contributed by atoms with van der Waals surface area (Å²) in [4.78, 5) is 42.3. The number of rotatable bonds is 9. The Bertz CT molecular complexity index is 1720. The van der Waals surface area contributed by atoms with Gasteiger partial charge in [0, 0.05) is 48.8 Å². The van der Waals surface area contributed by atoms with Gasteiger partial charge in [-0.05, 0) is 86.1 Å². The molecule has 2 N–H and O–H groups in total. The lowest BCUT2D eigenvalue weighted by molar-refractivity contribution is -0.141. The number of carbonyl (C=O) groups excluding carboxylic acids is 2. The lowest BCUT2D eigenvalue weighted by atomic mass is 9.63. The number of halogens is 1. The third-order valence-electron chi connectivity index (χ3n) is 11.6. The molecule has 50 heavy (non-hydrogen) atoms. The van der Waals surface area contributed by atoms with Crippen LogP contribution in [0.1, 0.15) is 73.8 Å². The summed E-state index contributed by atoms with van der Waals surface area (Å²) in [6.45, 7) is 2.70. The van der Waals surface area contributed by atoms with Gasteiger partial charge in [0.05, 0.1) is 11.6 Å². The molecule has 2 aromatic carbocycles. The minimum absolute atomic E-state index is 0.0845. The fourth-order valence-corrected chi connectivity index (χ4v) is 8.97. The fourth-order valence-electron chi connectivity index (χ4n) is 8.85. The van der Waals surface area contributed by atoms with Crippen molar-refractivity contribution in [1.82, 2.24) is 29.5 Å². The molecule has 0 radical (unpaired) electrons. The van der Waals surface area contributed by atoms with Crippen LogP contribution >= 0.6 is 11.6 Å². The Balaban J connectivity index is 1.16. The summed E-state index contributed by atoms with van der Waals surface area (Å²) in [5.74, 6) is 0.102. The van der Waals surface area contributed by atoms with E-state index in [1.807, 2.05) is 82.6 Å². The summed E-state index contributed by atoms with van der Waals surface area (Å²) in [5.41, 5.74) is 9.81. The van der Waals surface area contributed by atoms with E-state index in [4.69, 9.17) is 22.3 Å². The molecule has 2 amide bonds. The van der Waals surface area contributed by atoms with Crippen molar-refractivity contribution < 1.29 is 9.59 Å². The van der Waals surface area contributed by atoms with Gasteiger partial charge in [-0.3, -0.25) is 14.3 Å². The van der Waals surface area contributed by atoms with Gasteiger partial charge in [0.1, 0.15) is 18.3 Å². The van der Waals surface area contributed by atoms with E-state index in [-0.39, 0.29) is 29.3 Å². The Hall–Kier alpha value is -4.08. The topological polar surface area (TPSA) is 110 Å². The van der Waals surface area contributed by atoms with Crippen molar-refractivity contribution in [3.63, 3.8) is 0 Å². The van der Waals surface area contributed by atoms with Crippen molar-refractivity contribution in [2.45, 2.75) is 82.8 Å². The van der Waals surface area contributed by atoms with Crippen LogP contribution in [0.5, 0.6) is 0 Å². The minimum atomic E-state index is -0.457. The summed E-state index contributed by atoms with van der Waals surface area (Å²) < 4.78 is 1.99. The molecule has 2 unspecified atom stereocenters. The highest BCUT2D eigenvalue weighted by Crippen LogP contribution is 2.47. The zero-order chi connectivity index (χ0) is 34.5. The molecule has 2 aromatic heterocycles. The molecule has 4 aromatic rings. The van der Waals surface area contributed by atoms with Gasteiger partial charge in [0.25, 0.3) is 5.91 Å². The van der Waals surface area contributed by atoms with Crippen molar-refractivity contribution >= 4 is 23.4 Å². The van der Waals surface area contributed by atoms with Crippen LogP contribution in [0.25, 0.3) is 11.3 Å². The van der Waals surface area contributed by atoms with Gasteiger partial charge in [-0.15, -0.1) is 0 Å². The van der Waals surface area contributed by atoms with E-state index >= 15 is 0 Å². The van der Waals surface area contributed by atoms with Crippen molar-refractivity contribution in [3.8, 4) is 11.3 Å². The Morgan fingerprint density at radius 2 is 1.66 bits per heavy atom. The first kappa shape index (κ1) is 34.4. The van der Waals surface area contributed by atoms with E-state index in [2.05, 4.69) is 15.0 Å². The number of hydrogen-bond acceptors (Lipinski definition) is 6. The maximum atomic E-state index is 14.9. The van der Waals surface area contributed by atoms with Crippen LogP contribution in [0.4, 0.5) is 0 Å². The highest BCUT2D eigenvalue weighted by atomic mass is 35.5. The molecule has 3 fully saturated rings. The Morgan fingerprint density at radius 1 is 0.900 bits per heavy atom. The Kier molecular flexibility index (Phi) is 10.6. The molecule has 3 aliphatic rings. The zero-order valence-electron chi connectivity index (χ0n) is 28.7. The number of aromatic nitrogens is 4. The Morgan fingerprint density at radius 3 is 2.38 bits per heavy atom. The molecule has 1 aliphatic carbocycles. The largest absolute Gasteiger partial charge is 0.342 e. The smallest absolute Gasteiger partial charge is 0.272 e. The quantitative estimate of drug-likeness (QED) is 0.210. The van der Waals surface area contributed by atoms with Crippen LogP contribution in [0.3, 0.4) is 0 Å². The van der Waals surface area contributed by atoms with Crippen LogP contribution in [-0.4, -0.2) is 73.1 Å². The number of pyridine rings is 1. The number of piperidine rings is 2. The summed E-state index contributed by atoms with van der Waals surface area (Å²) in [6, 6.07) is 22.7. The van der Waals surface area contributed by atoms with Crippen molar-refractivity contribution in [1.29, 1.82) is 0 Å². The van der Waals surface area contributed by atoms with Crippen molar-refractivity contribution in [2.75, 3.05) is 19.6 Å². The van der Waals surface area contributed by atoms with Crippen molar-refractivity contribution in [2.24, 2.45) is 23.0 Å². The van der Waals surface area contributed by atoms with Gasteiger partial charge >= 0.3 is 0 Å². The van der Waals surface area contributed by atoms with E-state index in [1.165, 1.54) is 32.1 Å². The van der Waals surface area contributed by atoms with Crippen molar-refractivity contribution in [3.05, 3.63) is 102 Å². The second kappa shape index (κ2) is 15.4. The number of carbonyl (C=O) groups is 2. The van der Waals surface area contributed by atoms with E-state index in [9.17, 15) is 9.59 Å². The van der Waals surface area contributed by atoms with Gasteiger partial charge in [-0.25, -0.2) is 9.97 Å². The lowest BCUT2D eigenvalue weighted by Gasteiger charge is -2.49. The fraction of sp³-hybridized carbons (Fsp3) is 0.475. The average molecular weight is 694 g/mol. The molecular weight excluding hydrogens is 646 g/mol. The number of amides is 2. The molecule has 10 heteroatoms. The van der Waals surface area contributed by atoms with Gasteiger partial charge in [-0.2, -0.15) is 5.10 Å². The van der Waals surface area contributed by atoms with Gasteiger partial charge in [0.2, 0.25) is 5.91 Å². The highest BCUT2D eigenvalue weighted by molar-refractivity contribution is 6.30. The molecule has 2 aliphatic heterocycles. The molecule has 9 nitrogen and oxygen atoms in total. The first-order chi connectivity index (χ1) is 24.4. The summed E-state index contributed by atoms with van der Waals surface area (Å²) in [5, 5.41) is 5.14. The first-order valence-electron chi connectivity index (χ1n) is 18.3. The second-order valence-electron chi connectivity index (χ2n) is 14.7. The van der Waals surface area contributed by atoms with Crippen LogP contribution in [0, 0.1) is 17.3 Å². The predicted molar refractivity (Wildman–Crippen MR) is 195 cm³/mol. The normalized spacial score (nSPS) is 21.9. The molecule has 2 saturated heterocycles. The zero-order valence-corrected chi connectivity index (χ0v) is 29.5.